The predicted octanol–water partition coefficient (Wildman–Crippen LogP) is -1.24. The summed E-state index contributed by atoms with van der Waals surface area (Å²) in [7, 11) is 0. The first kappa shape index (κ1) is 10.9. The summed E-state index contributed by atoms with van der Waals surface area (Å²) in [4.78, 5) is 10.5. The molecule has 0 aliphatic heterocycles. The Balaban J connectivity index is 0.000000810. The van der Waals surface area contributed by atoms with Gasteiger partial charge in [-0.2, -0.15) is 0 Å². The topological polar surface area (TPSA) is 17.1 Å². The molecule has 1 aromatic rings. The molecule has 1 aromatic carbocycles. The molecule has 0 amide bonds. The fourth-order valence-electron chi connectivity index (χ4n) is 0.581. The van der Waals surface area contributed by atoms with Crippen LogP contribution in [0.15, 0.2) is 30.3 Å². The van der Waals surface area contributed by atoms with Crippen LogP contribution in [-0.2, 0) is 0 Å². The Morgan fingerprint density at radius 2 is 1.70 bits per heavy atom. The molecule has 0 unspecified atom stereocenters. The number of carbonyl (C=O) groups is 1. The third kappa shape index (κ3) is 3.32. The summed E-state index contributed by atoms with van der Waals surface area (Å²) in [6.07, 6.45) is 0. The van der Waals surface area contributed by atoms with Crippen LogP contribution < -0.4 is 51.4 Å². The van der Waals surface area contributed by atoms with Crippen LogP contribution >= 0.6 is 12.6 Å². The Kier molecular flexibility index (Phi) is 6.00. The molecule has 0 saturated heterocycles. The Labute approximate surface area is 108 Å². The first-order valence-electron chi connectivity index (χ1n) is 2.59. The van der Waals surface area contributed by atoms with E-state index in [1.807, 2.05) is 18.2 Å². The monoisotopic (exact) mass is 177 g/mol. The molecule has 0 aliphatic carbocycles. The third-order valence-electron chi connectivity index (χ3n) is 1.02. The molecule has 1 nitrogen and oxygen atoms in total. The van der Waals surface area contributed by atoms with Gasteiger partial charge in [0.25, 0.3) is 0 Å². The fraction of sp³-hybridized carbons (Fsp3) is 0. The zero-order valence-corrected chi connectivity index (χ0v) is 9.76. The van der Waals surface area contributed by atoms with Crippen molar-refractivity contribution in [2.24, 2.45) is 0 Å². The zero-order valence-electron chi connectivity index (χ0n) is 5.74. The van der Waals surface area contributed by atoms with Crippen molar-refractivity contribution in [1.82, 2.24) is 0 Å². The maximum Gasteiger partial charge on any atom is 1.00 e. The summed E-state index contributed by atoms with van der Waals surface area (Å²) in [5.74, 6) is 0. The van der Waals surface area contributed by atoms with Crippen LogP contribution in [0.1, 0.15) is 10.4 Å². The van der Waals surface area contributed by atoms with Crippen molar-refractivity contribution in [3.8, 4) is 0 Å². The average molecular weight is 177 g/mol. The van der Waals surface area contributed by atoms with Gasteiger partial charge < -0.3 is 0 Å². The molecular weight excluding hydrogens is 171 g/mol. The number of thiol groups is 1. The van der Waals surface area contributed by atoms with Crippen molar-refractivity contribution >= 4 is 17.7 Å². The SMILES string of the molecule is O=C(S)c1ccccc1.[K+]. The number of hydrogen-bond acceptors (Lipinski definition) is 1. The molecule has 0 saturated carbocycles. The van der Waals surface area contributed by atoms with Gasteiger partial charge in [-0.3, -0.25) is 4.79 Å². The van der Waals surface area contributed by atoms with E-state index in [2.05, 4.69) is 12.6 Å². The minimum absolute atomic E-state index is 0. The van der Waals surface area contributed by atoms with E-state index < -0.39 is 0 Å². The minimum atomic E-state index is -0.185. The molecule has 0 bridgehead atoms. The number of rotatable bonds is 1. The molecule has 0 spiro atoms. The molecule has 3 heteroatoms. The van der Waals surface area contributed by atoms with E-state index in [1.54, 1.807) is 12.1 Å². The van der Waals surface area contributed by atoms with Crippen LogP contribution in [0.2, 0.25) is 0 Å². The van der Waals surface area contributed by atoms with Crippen LogP contribution in [0.25, 0.3) is 0 Å². The Hall–Kier alpha value is 0.876. The molecule has 0 aromatic heterocycles. The predicted molar refractivity (Wildman–Crippen MR) is 39.8 cm³/mol. The second kappa shape index (κ2) is 5.52. The van der Waals surface area contributed by atoms with E-state index in [4.69, 9.17) is 0 Å². The Morgan fingerprint density at radius 3 is 2.00 bits per heavy atom. The van der Waals surface area contributed by atoms with E-state index in [1.165, 1.54) is 0 Å². The van der Waals surface area contributed by atoms with Gasteiger partial charge in [-0.15, -0.1) is 12.6 Å². The van der Waals surface area contributed by atoms with Gasteiger partial charge in [0.15, 0.2) is 0 Å². The van der Waals surface area contributed by atoms with E-state index in [0.717, 1.165) is 0 Å². The van der Waals surface area contributed by atoms with Crippen LogP contribution in [0.3, 0.4) is 0 Å². The Bertz CT molecular complexity index is 210. The van der Waals surface area contributed by atoms with E-state index in [-0.39, 0.29) is 56.5 Å². The summed E-state index contributed by atoms with van der Waals surface area (Å²) in [5, 5.41) is -0.185. The van der Waals surface area contributed by atoms with Crippen molar-refractivity contribution in [1.29, 1.82) is 0 Å². The molecule has 0 fully saturated rings. The van der Waals surface area contributed by atoms with Crippen LogP contribution in [0, 0.1) is 0 Å². The smallest absolute Gasteiger partial charge is 0.282 e. The standard InChI is InChI=1S/C7H6OS.K/c8-7(9)6-4-2-1-3-5-6;/h1-5H,(H,8,9);/q;+1. The van der Waals surface area contributed by atoms with Crippen molar-refractivity contribution < 1.29 is 56.2 Å². The van der Waals surface area contributed by atoms with Gasteiger partial charge in [0.2, 0.25) is 5.12 Å². The third-order valence-corrected chi connectivity index (χ3v) is 1.28. The molecule has 0 N–H and O–H groups in total. The van der Waals surface area contributed by atoms with Gasteiger partial charge in [0.05, 0.1) is 0 Å². The summed E-state index contributed by atoms with van der Waals surface area (Å²) in [6.45, 7) is 0. The van der Waals surface area contributed by atoms with Crippen LogP contribution in [-0.4, -0.2) is 5.12 Å². The minimum Gasteiger partial charge on any atom is -0.282 e. The second-order valence-electron chi connectivity index (χ2n) is 1.67. The largest absolute Gasteiger partial charge is 1.00 e. The van der Waals surface area contributed by atoms with Gasteiger partial charge in [-0.25, -0.2) is 0 Å². The first-order chi connectivity index (χ1) is 4.30. The van der Waals surface area contributed by atoms with Gasteiger partial charge >= 0.3 is 51.4 Å². The molecular formula is C7H6KOS+. The molecule has 0 heterocycles. The van der Waals surface area contributed by atoms with Gasteiger partial charge in [-0.1, -0.05) is 30.3 Å². The van der Waals surface area contributed by atoms with E-state index >= 15 is 0 Å². The zero-order chi connectivity index (χ0) is 6.69. The van der Waals surface area contributed by atoms with E-state index in [9.17, 15) is 4.79 Å². The molecule has 10 heavy (non-hydrogen) atoms. The van der Waals surface area contributed by atoms with Gasteiger partial charge in [0.1, 0.15) is 0 Å². The molecule has 0 atom stereocenters. The maximum absolute atomic E-state index is 10.5. The summed E-state index contributed by atoms with van der Waals surface area (Å²) < 4.78 is 0. The summed E-state index contributed by atoms with van der Waals surface area (Å²) in [5.41, 5.74) is 0.640. The first-order valence-corrected chi connectivity index (χ1v) is 3.04. The number of carbonyl (C=O) groups excluding carboxylic acids is 1. The molecule has 1 rings (SSSR count). The van der Waals surface area contributed by atoms with Crippen molar-refractivity contribution in [3.05, 3.63) is 35.9 Å². The van der Waals surface area contributed by atoms with Crippen molar-refractivity contribution in [3.63, 3.8) is 0 Å². The Morgan fingerprint density at radius 1 is 1.20 bits per heavy atom. The van der Waals surface area contributed by atoms with Crippen molar-refractivity contribution in [2.75, 3.05) is 0 Å². The molecule has 0 radical (unpaired) electrons. The van der Waals surface area contributed by atoms with Crippen LogP contribution in [0.5, 0.6) is 0 Å². The maximum atomic E-state index is 10.5. The number of benzene rings is 1. The molecule has 0 aliphatic rings. The van der Waals surface area contributed by atoms with Crippen molar-refractivity contribution in [2.45, 2.75) is 0 Å². The summed E-state index contributed by atoms with van der Waals surface area (Å²) in [6, 6.07) is 8.94. The normalized spacial score (nSPS) is 8.10. The van der Waals surface area contributed by atoms with Crippen LogP contribution in [0.4, 0.5) is 0 Å². The summed E-state index contributed by atoms with van der Waals surface area (Å²) >= 11 is 3.65. The fourth-order valence-corrected chi connectivity index (χ4v) is 0.730. The van der Waals surface area contributed by atoms with Gasteiger partial charge in [0, 0.05) is 5.56 Å². The second-order valence-corrected chi connectivity index (χ2v) is 2.08. The van der Waals surface area contributed by atoms with E-state index in [0.29, 0.717) is 5.56 Å². The van der Waals surface area contributed by atoms with Gasteiger partial charge in [-0.05, 0) is 0 Å². The molecule has 46 valence electrons. The average Bonchev–Trinajstić information content (AvgIpc) is 1.90. The number of hydrogen-bond donors (Lipinski definition) is 1. The quantitative estimate of drug-likeness (QED) is 0.419.